The van der Waals surface area contributed by atoms with Crippen molar-refractivity contribution in [1.82, 2.24) is 4.90 Å². The topological polar surface area (TPSA) is 66.6 Å². The number of thiophene rings is 1. The normalized spacial score (nSPS) is 15.0. The molecule has 5 nitrogen and oxygen atoms in total. The van der Waals surface area contributed by atoms with E-state index in [2.05, 4.69) is 16.3 Å². The Morgan fingerprint density at radius 1 is 1.40 bits per heavy atom. The van der Waals surface area contributed by atoms with Gasteiger partial charge in [-0.15, -0.1) is 11.3 Å². The molecule has 3 rings (SSSR count). The van der Waals surface area contributed by atoms with Gasteiger partial charge in [0.1, 0.15) is 5.75 Å². The molecule has 0 atom stereocenters. The maximum absolute atomic E-state index is 10.8. The molecule has 0 amide bonds. The Kier molecular flexibility index (Phi) is 3.42. The lowest BCUT2D eigenvalue weighted by Crippen LogP contribution is -2.29. The average Bonchev–Trinajstić information content (AvgIpc) is 2.88. The van der Waals surface area contributed by atoms with E-state index in [1.54, 1.807) is 11.3 Å². The number of hydrogen-bond donors (Lipinski definition) is 1. The lowest BCUT2D eigenvalue weighted by Gasteiger charge is -2.26. The van der Waals surface area contributed by atoms with Crippen LogP contribution in [0.15, 0.2) is 29.6 Å². The Balaban J connectivity index is 1.78. The summed E-state index contributed by atoms with van der Waals surface area (Å²) in [5, 5.41) is 22.7. The summed E-state index contributed by atoms with van der Waals surface area (Å²) in [6.45, 7) is 2.28. The maximum atomic E-state index is 10.8. The van der Waals surface area contributed by atoms with Gasteiger partial charge in [0.05, 0.1) is 4.92 Å². The van der Waals surface area contributed by atoms with E-state index in [4.69, 9.17) is 0 Å². The number of nitro groups is 1. The molecule has 104 valence electrons. The summed E-state index contributed by atoms with van der Waals surface area (Å²) in [5.74, 6) is 0.117. The minimum atomic E-state index is -0.434. The molecule has 20 heavy (non-hydrogen) atoms. The van der Waals surface area contributed by atoms with Gasteiger partial charge in [-0.25, -0.2) is 0 Å². The van der Waals surface area contributed by atoms with E-state index < -0.39 is 4.92 Å². The molecule has 0 saturated carbocycles. The Labute approximate surface area is 120 Å². The molecular weight excluding hydrogens is 276 g/mol. The van der Waals surface area contributed by atoms with Gasteiger partial charge in [0.15, 0.2) is 0 Å². The number of benzene rings is 1. The summed E-state index contributed by atoms with van der Waals surface area (Å²) >= 11 is 1.78. The number of aromatic hydroxyl groups is 1. The van der Waals surface area contributed by atoms with Gasteiger partial charge >= 0.3 is 0 Å². The van der Waals surface area contributed by atoms with Crippen LogP contribution in [0.1, 0.15) is 16.0 Å². The lowest BCUT2D eigenvalue weighted by molar-refractivity contribution is -0.385. The van der Waals surface area contributed by atoms with Crippen molar-refractivity contribution in [3.05, 3.63) is 55.8 Å². The molecule has 0 saturated heterocycles. The highest BCUT2D eigenvalue weighted by Crippen LogP contribution is 2.28. The first-order valence-electron chi connectivity index (χ1n) is 6.37. The van der Waals surface area contributed by atoms with Crippen LogP contribution in [0.2, 0.25) is 0 Å². The van der Waals surface area contributed by atoms with Gasteiger partial charge in [0, 0.05) is 42.2 Å². The van der Waals surface area contributed by atoms with Crippen molar-refractivity contribution in [3.8, 4) is 5.75 Å². The van der Waals surface area contributed by atoms with E-state index in [0.29, 0.717) is 12.1 Å². The van der Waals surface area contributed by atoms with Crippen LogP contribution < -0.4 is 0 Å². The molecule has 0 aliphatic carbocycles. The molecule has 0 fully saturated rings. The van der Waals surface area contributed by atoms with E-state index in [0.717, 1.165) is 19.5 Å². The lowest BCUT2D eigenvalue weighted by atomic mass is 10.1. The molecule has 0 spiro atoms. The molecule has 1 aliphatic heterocycles. The molecular formula is C14H14N2O3S. The fourth-order valence-electron chi connectivity index (χ4n) is 2.49. The van der Waals surface area contributed by atoms with Crippen molar-refractivity contribution in [1.29, 1.82) is 0 Å². The molecule has 0 unspecified atom stereocenters. The molecule has 1 aliphatic rings. The number of fused-ring (bicyclic) bond motifs is 1. The largest absolute Gasteiger partial charge is 0.508 e. The zero-order valence-electron chi connectivity index (χ0n) is 10.8. The Bertz CT molecular complexity index is 654. The summed E-state index contributed by atoms with van der Waals surface area (Å²) in [5.41, 5.74) is 1.95. The SMILES string of the molecule is O=[N+]([O-])c1ccc(O)c(CN2CCc3sccc3C2)c1. The van der Waals surface area contributed by atoms with E-state index in [-0.39, 0.29) is 11.4 Å². The molecule has 2 aromatic rings. The molecule has 1 aromatic heterocycles. The van der Waals surface area contributed by atoms with Crippen LogP contribution in [0.5, 0.6) is 5.75 Å². The Morgan fingerprint density at radius 2 is 2.25 bits per heavy atom. The minimum Gasteiger partial charge on any atom is -0.508 e. The third kappa shape index (κ3) is 2.52. The predicted molar refractivity (Wildman–Crippen MR) is 76.9 cm³/mol. The Morgan fingerprint density at radius 3 is 3.05 bits per heavy atom. The first kappa shape index (κ1) is 13.1. The quantitative estimate of drug-likeness (QED) is 0.697. The maximum Gasteiger partial charge on any atom is 0.270 e. The van der Waals surface area contributed by atoms with Gasteiger partial charge in [-0.2, -0.15) is 0 Å². The zero-order chi connectivity index (χ0) is 14.1. The van der Waals surface area contributed by atoms with Gasteiger partial charge in [-0.1, -0.05) is 0 Å². The highest BCUT2D eigenvalue weighted by atomic mass is 32.1. The van der Waals surface area contributed by atoms with Crippen molar-refractivity contribution in [2.75, 3.05) is 6.54 Å². The number of nitrogens with zero attached hydrogens (tertiary/aromatic N) is 2. The summed E-state index contributed by atoms with van der Waals surface area (Å²) in [6.07, 6.45) is 1.00. The highest BCUT2D eigenvalue weighted by molar-refractivity contribution is 7.10. The van der Waals surface area contributed by atoms with Crippen LogP contribution in [0, 0.1) is 10.1 Å². The van der Waals surface area contributed by atoms with Crippen molar-refractivity contribution in [2.45, 2.75) is 19.5 Å². The van der Waals surface area contributed by atoms with Crippen LogP contribution in [0.4, 0.5) is 5.69 Å². The first-order valence-corrected chi connectivity index (χ1v) is 7.25. The van der Waals surface area contributed by atoms with Crippen LogP contribution in [0.25, 0.3) is 0 Å². The number of hydrogen-bond acceptors (Lipinski definition) is 5. The summed E-state index contributed by atoms with van der Waals surface area (Å²) < 4.78 is 0. The second-order valence-electron chi connectivity index (χ2n) is 4.90. The molecule has 2 heterocycles. The van der Waals surface area contributed by atoms with Crippen LogP contribution in [0.3, 0.4) is 0 Å². The second-order valence-corrected chi connectivity index (χ2v) is 5.90. The number of phenolic OH excluding ortho intramolecular Hbond substituents is 1. The van der Waals surface area contributed by atoms with Crippen molar-refractivity contribution in [2.24, 2.45) is 0 Å². The number of nitro benzene ring substituents is 1. The molecule has 0 bridgehead atoms. The smallest absolute Gasteiger partial charge is 0.270 e. The minimum absolute atomic E-state index is 0.0195. The van der Waals surface area contributed by atoms with Crippen LogP contribution in [-0.4, -0.2) is 21.5 Å². The van der Waals surface area contributed by atoms with Crippen molar-refractivity contribution >= 4 is 17.0 Å². The van der Waals surface area contributed by atoms with Gasteiger partial charge in [0.2, 0.25) is 0 Å². The molecule has 0 radical (unpaired) electrons. The average molecular weight is 290 g/mol. The van der Waals surface area contributed by atoms with Gasteiger partial charge in [-0.3, -0.25) is 15.0 Å². The fraction of sp³-hybridized carbons (Fsp3) is 0.286. The summed E-state index contributed by atoms with van der Waals surface area (Å²) in [6, 6.07) is 6.30. The van der Waals surface area contributed by atoms with Gasteiger partial charge < -0.3 is 5.11 Å². The third-order valence-corrected chi connectivity index (χ3v) is 4.58. The third-order valence-electron chi connectivity index (χ3n) is 3.55. The number of rotatable bonds is 3. The monoisotopic (exact) mass is 290 g/mol. The molecule has 6 heteroatoms. The molecule has 1 N–H and O–H groups in total. The van der Waals surface area contributed by atoms with Crippen molar-refractivity contribution < 1.29 is 10.0 Å². The van der Waals surface area contributed by atoms with Crippen LogP contribution in [-0.2, 0) is 19.5 Å². The van der Waals surface area contributed by atoms with E-state index >= 15 is 0 Å². The first-order chi connectivity index (χ1) is 9.63. The molecule has 1 aromatic carbocycles. The number of non-ortho nitro benzene ring substituents is 1. The Hall–Kier alpha value is -1.92. The number of phenols is 1. The standard InChI is InChI=1S/C14H14N2O3S/c17-13-2-1-12(16(18)19)7-11(13)9-15-5-3-14-10(8-15)4-6-20-14/h1-2,4,6-7,17H,3,5,8-9H2. The summed E-state index contributed by atoms with van der Waals surface area (Å²) in [7, 11) is 0. The predicted octanol–water partition coefficient (Wildman–Crippen LogP) is 2.92. The van der Waals surface area contributed by atoms with E-state index in [9.17, 15) is 15.2 Å². The van der Waals surface area contributed by atoms with Crippen molar-refractivity contribution in [3.63, 3.8) is 0 Å². The zero-order valence-corrected chi connectivity index (χ0v) is 11.6. The van der Waals surface area contributed by atoms with E-state index in [1.165, 1.54) is 28.6 Å². The van der Waals surface area contributed by atoms with Gasteiger partial charge in [-0.05, 0) is 29.5 Å². The van der Waals surface area contributed by atoms with E-state index in [1.807, 2.05) is 0 Å². The summed E-state index contributed by atoms with van der Waals surface area (Å²) in [4.78, 5) is 14.0. The highest BCUT2D eigenvalue weighted by Gasteiger charge is 2.19. The fourth-order valence-corrected chi connectivity index (χ4v) is 3.38. The second kappa shape index (κ2) is 5.22. The van der Waals surface area contributed by atoms with Gasteiger partial charge in [0.25, 0.3) is 5.69 Å². The van der Waals surface area contributed by atoms with Crippen LogP contribution >= 0.6 is 11.3 Å².